The van der Waals surface area contributed by atoms with Gasteiger partial charge in [-0.1, -0.05) is 18.2 Å². The average molecular weight is 287 g/mol. The van der Waals surface area contributed by atoms with E-state index in [1.807, 2.05) is 30.3 Å². The second-order valence-corrected chi connectivity index (χ2v) is 5.45. The Morgan fingerprint density at radius 3 is 3.14 bits per heavy atom. The van der Waals surface area contributed by atoms with Gasteiger partial charge in [-0.2, -0.15) is 0 Å². The van der Waals surface area contributed by atoms with Crippen LogP contribution in [0.25, 0.3) is 10.9 Å². The standard InChI is InChI=1S/C16H18FN3O/c17-13-8-14(19-9-13)10-20-16(21)7-11-3-4-12-2-1-5-18-15(12)6-11/h1-6,13-14,19H,7-10H2,(H,20,21)/t13-,14-/m0/s1. The van der Waals surface area contributed by atoms with Crippen molar-refractivity contribution < 1.29 is 9.18 Å². The zero-order chi connectivity index (χ0) is 14.7. The highest BCUT2D eigenvalue weighted by molar-refractivity contribution is 5.82. The largest absolute Gasteiger partial charge is 0.354 e. The van der Waals surface area contributed by atoms with Crippen molar-refractivity contribution in [2.45, 2.75) is 25.1 Å². The zero-order valence-corrected chi connectivity index (χ0v) is 11.7. The van der Waals surface area contributed by atoms with Gasteiger partial charge in [0.2, 0.25) is 5.91 Å². The summed E-state index contributed by atoms with van der Waals surface area (Å²) in [6, 6.07) is 9.77. The van der Waals surface area contributed by atoms with Crippen LogP contribution in [0.2, 0.25) is 0 Å². The Hall–Kier alpha value is -2.01. The van der Waals surface area contributed by atoms with Crippen LogP contribution in [0, 0.1) is 0 Å². The normalized spacial score (nSPS) is 21.6. The number of pyridine rings is 1. The summed E-state index contributed by atoms with van der Waals surface area (Å²) >= 11 is 0. The smallest absolute Gasteiger partial charge is 0.224 e. The molecule has 1 aliphatic heterocycles. The molecule has 1 aliphatic rings. The SMILES string of the molecule is O=C(Cc1ccc2cccnc2c1)NC[C@@H]1C[C@H](F)CN1. The van der Waals surface area contributed by atoms with Crippen LogP contribution in [0.15, 0.2) is 36.5 Å². The molecule has 0 spiro atoms. The molecule has 1 fully saturated rings. The van der Waals surface area contributed by atoms with Crippen molar-refractivity contribution in [1.82, 2.24) is 15.6 Å². The van der Waals surface area contributed by atoms with Crippen LogP contribution in [0.4, 0.5) is 4.39 Å². The number of benzene rings is 1. The zero-order valence-electron chi connectivity index (χ0n) is 11.7. The highest BCUT2D eigenvalue weighted by atomic mass is 19.1. The Morgan fingerprint density at radius 1 is 1.43 bits per heavy atom. The first kappa shape index (κ1) is 13.9. The Kier molecular flexibility index (Phi) is 4.10. The van der Waals surface area contributed by atoms with E-state index in [4.69, 9.17) is 0 Å². The van der Waals surface area contributed by atoms with Gasteiger partial charge in [-0.3, -0.25) is 9.78 Å². The molecule has 2 aromatic rings. The van der Waals surface area contributed by atoms with Crippen molar-refractivity contribution in [3.8, 4) is 0 Å². The Morgan fingerprint density at radius 2 is 2.33 bits per heavy atom. The van der Waals surface area contributed by atoms with Gasteiger partial charge < -0.3 is 10.6 Å². The predicted molar refractivity (Wildman–Crippen MR) is 79.8 cm³/mol. The molecule has 0 unspecified atom stereocenters. The van der Waals surface area contributed by atoms with E-state index in [1.165, 1.54) is 0 Å². The summed E-state index contributed by atoms with van der Waals surface area (Å²) in [5.74, 6) is -0.0469. The highest BCUT2D eigenvalue weighted by Crippen LogP contribution is 2.13. The quantitative estimate of drug-likeness (QED) is 0.898. The molecule has 5 heteroatoms. The minimum absolute atomic E-state index is 0.0437. The van der Waals surface area contributed by atoms with Crippen LogP contribution in [0.3, 0.4) is 0 Å². The average Bonchev–Trinajstić information content (AvgIpc) is 2.91. The van der Waals surface area contributed by atoms with Crippen LogP contribution >= 0.6 is 0 Å². The number of hydrogen-bond acceptors (Lipinski definition) is 3. The summed E-state index contributed by atoms with van der Waals surface area (Å²) < 4.78 is 13.0. The van der Waals surface area contributed by atoms with Crippen LogP contribution in [0.5, 0.6) is 0 Å². The Labute approximate surface area is 122 Å². The third-order valence-electron chi connectivity index (χ3n) is 3.75. The first-order chi connectivity index (χ1) is 10.2. The number of carbonyl (C=O) groups excluding carboxylic acids is 1. The van der Waals surface area contributed by atoms with Gasteiger partial charge in [0.25, 0.3) is 0 Å². The van der Waals surface area contributed by atoms with Crippen LogP contribution in [-0.2, 0) is 11.2 Å². The monoisotopic (exact) mass is 287 g/mol. The number of aromatic nitrogens is 1. The lowest BCUT2D eigenvalue weighted by atomic mass is 10.1. The molecule has 4 nitrogen and oxygen atoms in total. The number of alkyl halides is 1. The fourth-order valence-corrected chi connectivity index (χ4v) is 2.63. The molecule has 1 aromatic carbocycles. The van der Waals surface area contributed by atoms with Crippen LogP contribution in [-0.4, -0.2) is 36.2 Å². The number of nitrogens with one attached hydrogen (secondary N) is 2. The molecule has 1 amide bonds. The molecule has 1 saturated heterocycles. The third-order valence-corrected chi connectivity index (χ3v) is 3.75. The van der Waals surface area contributed by atoms with Gasteiger partial charge in [0.1, 0.15) is 6.17 Å². The summed E-state index contributed by atoms with van der Waals surface area (Å²) in [4.78, 5) is 16.2. The van der Waals surface area contributed by atoms with Gasteiger partial charge in [0.05, 0.1) is 11.9 Å². The van der Waals surface area contributed by atoms with Gasteiger partial charge >= 0.3 is 0 Å². The summed E-state index contributed by atoms with van der Waals surface area (Å²) in [7, 11) is 0. The summed E-state index contributed by atoms with van der Waals surface area (Å²) in [6.45, 7) is 0.863. The maximum absolute atomic E-state index is 13.0. The van der Waals surface area contributed by atoms with Gasteiger partial charge in [-0.15, -0.1) is 0 Å². The van der Waals surface area contributed by atoms with Crippen LogP contribution < -0.4 is 10.6 Å². The van der Waals surface area contributed by atoms with E-state index < -0.39 is 6.17 Å². The molecule has 2 N–H and O–H groups in total. The van der Waals surface area contributed by atoms with Crippen molar-refractivity contribution in [2.75, 3.05) is 13.1 Å². The van der Waals surface area contributed by atoms with Crippen molar-refractivity contribution in [3.05, 3.63) is 42.1 Å². The molecule has 0 saturated carbocycles. The van der Waals surface area contributed by atoms with Crippen molar-refractivity contribution >= 4 is 16.8 Å². The van der Waals surface area contributed by atoms with E-state index in [1.54, 1.807) is 6.20 Å². The van der Waals surface area contributed by atoms with Gasteiger partial charge in [0.15, 0.2) is 0 Å². The number of halogens is 1. The van der Waals surface area contributed by atoms with Crippen molar-refractivity contribution in [1.29, 1.82) is 0 Å². The molecule has 110 valence electrons. The fourth-order valence-electron chi connectivity index (χ4n) is 2.63. The molecule has 3 rings (SSSR count). The first-order valence-electron chi connectivity index (χ1n) is 7.18. The van der Waals surface area contributed by atoms with E-state index in [-0.39, 0.29) is 11.9 Å². The molecule has 0 radical (unpaired) electrons. The van der Waals surface area contributed by atoms with Crippen molar-refractivity contribution in [3.63, 3.8) is 0 Å². The van der Waals surface area contributed by atoms with E-state index in [9.17, 15) is 9.18 Å². The number of rotatable bonds is 4. The Balaban J connectivity index is 1.56. The van der Waals surface area contributed by atoms with Gasteiger partial charge in [0, 0.05) is 30.7 Å². The number of hydrogen-bond donors (Lipinski definition) is 2. The Bertz CT molecular complexity index is 646. The first-order valence-corrected chi connectivity index (χ1v) is 7.18. The lowest BCUT2D eigenvalue weighted by Gasteiger charge is -2.11. The number of fused-ring (bicyclic) bond motifs is 1. The van der Waals surface area contributed by atoms with Gasteiger partial charge in [-0.25, -0.2) is 4.39 Å². The van der Waals surface area contributed by atoms with E-state index in [2.05, 4.69) is 15.6 Å². The minimum Gasteiger partial charge on any atom is -0.354 e. The maximum atomic E-state index is 13.0. The lowest BCUT2D eigenvalue weighted by molar-refractivity contribution is -0.120. The summed E-state index contributed by atoms with van der Waals surface area (Å²) in [5.41, 5.74) is 1.82. The second-order valence-electron chi connectivity index (χ2n) is 5.45. The molecule has 0 aliphatic carbocycles. The molecule has 0 bridgehead atoms. The number of carbonyl (C=O) groups is 1. The third kappa shape index (κ3) is 3.55. The van der Waals surface area contributed by atoms with Gasteiger partial charge in [-0.05, 0) is 24.1 Å². The number of nitrogens with zero attached hydrogens (tertiary/aromatic N) is 1. The van der Waals surface area contributed by atoms with E-state index in [0.29, 0.717) is 25.9 Å². The van der Waals surface area contributed by atoms with E-state index in [0.717, 1.165) is 16.5 Å². The summed E-state index contributed by atoms with van der Waals surface area (Å²) in [5, 5.41) is 6.96. The second kappa shape index (κ2) is 6.18. The molecular formula is C16H18FN3O. The molecule has 2 atom stereocenters. The molecular weight excluding hydrogens is 269 g/mol. The maximum Gasteiger partial charge on any atom is 0.224 e. The fraction of sp³-hybridized carbons (Fsp3) is 0.375. The lowest BCUT2D eigenvalue weighted by Crippen LogP contribution is -2.37. The summed E-state index contributed by atoms with van der Waals surface area (Å²) in [6.07, 6.45) is 1.74. The molecule has 21 heavy (non-hydrogen) atoms. The van der Waals surface area contributed by atoms with Crippen LogP contribution in [0.1, 0.15) is 12.0 Å². The number of amides is 1. The van der Waals surface area contributed by atoms with E-state index >= 15 is 0 Å². The highest BCUT2D eigenvalue weighted by Gasteiger charge is 2.23. The molecule has 1 aromatic heterocycles. The predicted octanol–water partition coefficient (Wildman–Crippen LogP) is 1.59. The minimum atomic E-state index is -0.793. The topological polar surface area (TPSA) is 54.0 Å². The van der Waals surface area contributed by atoms with Crippen molar-refractivity contribution in [2.24, 2.45) is 0 Å². The molecule has 2 heterocycles.